The summed E-state index contributed by atoms with van der Waals surface area (Å²) < 4.78 is 0. The topological polar surface area (TPSA) is 46.3 Å². The number of benzene rings is 1. The largest absolute Gasteiger partial charge is 0.366 e. The molecule has 3 nitrogen and oxygen atoms in total. The minimum absolute atomic E-state index is 0.382. The SMILES string of the molecule is NC(=O)c1ccc2c(c1)=CCN1C=CC=CC=21. The molecule has 0 spiro atoms. The molecule has 0 unspecified atom stereocenters. The van der Waals surface area contributed by atoms with Crippen LogP contribution in [0.25, 0.3) is 11.8 Å². The van der Waals surface area contributed by atoms with E-state index < -0.39 is 0 Å². The van der Waals surface area contributed by atoms with Crippen LogP contribution in [-0.2, 0) is 0 Å². The van der Waals surface area contributed by atoms with Crippen molar-refractivity contribution in [1.82, 2.24) is 4.90 Å². The first-order valence-electron chi connectivity index (χ1n) is 5.51. The van der Waals surface area contributed by atoms with Gasteiger partial charge in [0.1, 0.15) is 0 Å². The summed E-state index contributed by atoms with van der Waals surface area (Å²) in [5.41, 5.74) is 7.01. The Balaban J connectivity index is 2.28. The second-order valence-electron chi connectivity index (χ2n) is 4.11. The Hall–Kier alpha value is -2.29. The van der Waals surface area contributed by atoms with Crippen LogP contribution in [0.1, 0.15) is 10.4 Å². The molecule has 84 valence electrons. The fourth-order valence-electron chi connectivity index (χ4n) is 2.19. The molecule has 0 aliphatic carbocycles. The lowest BCUT2D eigenvalue weighted by molar-refractivity contribution is 0.1000. The van der Waals surface area contributed by atoms with Gasteiger partial charge in [0.2, 0.25) is 5.91 Å². The number of hydrogen-bond acceptors (Lipinski definition) is 2. The number of hydrogen-bond donors (Lipinski definition) is 1. The van der Waals surface area contributed by atoms with Crippen molar-refractivity contribution in [2.75, 3.05) is 6.54 Å². The van der Waals surface area contributed by atoms with Crippen molar-refractivity contribution in [2.24, 2.45) is 5.73 Å². The number of carbonyl (C=O) groups excluding carboxylic acids is 1. The van der Waals surface area contributed by atoms with Gasteiger partial charge in [-0.15, -0.1) is 0 Å². The fraction of sp³-hybridized carbons (Fsp3) is 0.0714. The molecule has 2 aliphatic rings. The van der Waals surface area contributed by atoms with Crippen LogP contribution in [0.5, 0.6) is 0 Å². The number of rotatable bonds is 1. The standard InChI is InChI=1S/C14H12N2O/c15-14(17)11-4-5-12-10(9-11)6-8-16-7-2-1-3-13(12)16/h1-7,9H,8H2,(H2,15,17). The molecule has 1 aromatic rings. The number of nitrogens with zero attached hydrogens (tertiary/aromatic N) is 1. The third-order valence-corrected chi connectivity index (χ3v) is 3.06. The predicted octanol–water partition coefficient (Wildman–Crippen LogP) is 0.0733. The van der Waals surface area contributed by atoms with E-state index in [0.29, 0.717) is 5.56 Å². The van der Waals surface area contributed by atoms with Gasteiger partial charge in [0.25, 0.3) is 0 Å². The van der Waals surface area contributed by atoms with Crippen LogP contribution in [0.2, 0.25) is 0 Å². The molecule has 0 fully saturated rings. The zero-order chi connectivity index (χ0) is 11.8. The number of fused-ring (bicyclic) bond motifs is 2. The van der Waals surface area contributed by atoms with E-state index in [1.165, 1.54) is 5.70 Å². The van der Waals surface area contributed by atoms with Gasteiger partial charge in [-0.25, -0.2) is 0 Å². The van der Waals surface area contributed by atoms with E-state index in [0.717, 1.165) is 17.0 Å². The van der Waals surface area contributed by atoms with Crippen LogP contribution in [0.3, 0.4) is 0 Å². The molecule has 17 heavy (non-hydrogen) atoms. The maximum absolute atomic E-state index is 11.1. The van der Waals surface area contributed by atoms with Gasteiger partial charge in [0, 0.05) is 29.2 Å². The number of nitrogens with two attached hydrogens (primary N) is 1. The van der Waals surface area contributed by atoms with Gasteiger partial charge in [0.05, 0.1) is 0 Å². The average molecular weight is 224 g/mol. The molecular weight excluding hydrogens is 212 g/mol. The summed E-state index contributed by atoms with van der Waals surface area (Å²) in [6, 6.07) is 5.59. The van der Waals surface area contributed by atoms with Gasteiger partial charge in [-0.3, -0.25) is 4.79 Å². The maximum atomic E-state index is 11.1. The molecule has 2 heterocycles. The van der Waals surface area contributed by atoms with Crippen molar-refractivity contribution < 1.29 is 4.79 Å². The first-order valence-corrected chi connectivity index (χ1v) is 5.51. The highest BCUT2D eigenvalue weighted by molar-refractivity contribution is 5.92. The first kappa shape index (κ1) is 9.90. The summed E-state index contributed by atoms with van der Waals surface area (Å²) >= 11 is 0. The molecule has 3 heteroatoms. The summed E-state index contributed by atoms with van der Waals surface area (Å²) in [7, 11) is 0. The van der Waals surface area contributed by atoms with Crippen molar-refractivity contribution in [1.29, 1.82) is 0 Å². The van der Waals surface area contributed by atoms with Gasteiger partial charge in [-0.05, 0) is 29.5 Å². The van der Waals surface area contributed by atoms with Crippen LogP contribution in [0.4, 0.5) is 0 Å². The van der Waals surface area contributed by atoms with E-state index in [1.807, 2.05) is 24.3 Å². The van der Waals surface area contributed by atoms with Crippen molar-refractivity contribution in [3.63, 3.8) is 0 Å². The lowest BCUT2D eigenvalue weighted by Gasteiger charge is -2.25. The highest BCUT2D eigenvalue weighted by Crippen LogP contribution is 2.13. The van der Waals surface area contributed by atoms with Gasteiger partial charge in [0.15, 0.2) is 0 Å². The fourth-order valence-corrected chi connectivity index (χ4v) is 2.19. The smallest absolute Gasteiger partial charge is 0.248 e. The van der Waals surface area contributed by atoms with Crippen LogP contribution in [0.15, 0.2) is 42.6 Å². The van der Waals surface area contributed by atoms with E-state index in [1.54, 1.807) is 6.07 Å². The summed E-state index contributed by atoms with van der Waals surface area (Å²) in [6.45, 7) is 0.825. The van der Waals surface area contributed by atoms with Crippen molar-refractivity contribution in [3.8, 4) is 0 Å². The molecule has 0 bridgehead atoms. The van der Waals surface area contributed by atoms with E-state index in [9.17, 15) is 4.79 Å². The minimum atomic E-state index is -0.382. The zero-order valence-electron chi connectivity index (χ0n) is 9.26. The number of carbonyl (C=O) groups is 1. The molecule has 0 aromatic heterocycles. The van der Waals surface area contributed by atoms with Gasteiger partial charge >= 0.3 is 0 Å². The molecule has 0 saturated carbocycles. The van der Waals surface area contributed by atoms with Crippen LogP contribution in [-0.4, -0.2) is 17.4 Å². The highest BCUT2D eigenvalue weighted by atomic mass is 16.1. The van der Waals surface area contributed by atoms with Crippen LogP contribution in [0, 0.1) is 0 Å². The molecular formula is C14H12N2O. The summed E-state index contributed by atoms with van der Waals surface area (Å²) in [5.74, 6) is -0.382. The molecule has 0 radical (unpaired) electrons. The third kappa shape index (κ3) is 1.56. The average Bonchev–Trinajstić information content (AvgIpc) is 2.38. The van der Waals surface area contributed by atoms with Crippen molar-refractivity contribution >= 4 is 17.7 Å². The molecule has 3 rings (SSSR count). The number of primary amides is 1. The molecule has 0 atom stereocenters. The maximum Gasteiger partial charge on any atom is 0.248 e. The van der Waals surface area contributed by atoms with Crippen molar-refractivity contribution in [2.45, 2.75) is 0 Å². The molecule has 2 aliphatic heterocycles. The Morgan fingerprint density at radius 1 is 1.29 bits per heavy atom. The quantitative estimate of drug-likeness (QED) is 0.734. The summed E-state index contributed by atoms with van der Waals surface area (Å²) in [4.78, 5) is 13.3. The highest BCUT2D eigenvalue weighted by Gasteiger charge is 2.11. The lowest BCUT2D eigenvalue weighted by atomic mass is 10.1. The Kier molecular flexibility index (Phi) is 2.11. The van der Waals surface area contributed by atoms with Gasteiger partial charge in [-0.2, -0.15) is 0 Å². The van der Waals surface area contributed by atoms with E-state index >= 15 is 0 Å². The predicted molar refractivity (Wildman–Crippen MR) is 67.1 cm³/mol. The normalized spacial score (nSPS) is 16.2. The molecule has 2 N–H and O–H groups in total. The number of amides is 1. The summed E-state index contributed by atoms with van der Waals surface area (Å²) in [5, 5.41) is 2.22. The van der Waals surface area contributed by atoms with Gasteiger partial charge < -0.3 is 10.6 Å². The lowest BCUT2D eigenvalue weighted by Crippen LogP contribution is -2.38. The number of allylic oxidation sites excluding steroid dienone is 2. The zero-order valence-corrected chi connectivity index (χ0v) is 9.26. The molecule has 0 saturated heterocycles. The van der Waals surface area contributed by atoms with Gasteiger partial charge in [-0.1, -0.05) is 18.2 Å². The Morgan fingerprint density at radius 3 is 3.00 bits per heavy atom. The molecule has 1 amide bonds. The first-order chi connectivity index (χ1) is 8.25. The Bertz CT molecular complexity index is 668. The second kappa shape index (κ2) is 3.63. The van der Waals surface area contributed by atoms with Crippen LogP contribution >= 0.6 is 0 Å². The second-order valence-corrected chi connectivity index (χ2v) is 4.11. The third-order valence-electron chi connectivity index (χ3n) is 3.06. The monoisotopic (exact) mass is 224 g/mol. The Morgan fingerprint density at radius 2 is 2.18 bits per heavy atom. The van der Waals surface area contributed by atoms with E-state index in [2.05, 4.69) is 23.3 Å². The van der Waals surface area contributed by atoms with E-state index in [-0.39, 0.29) is 5.91 Å². The summed E-state index contributed by atoms with van der Waals surface area (Å²) in [6.07, 6.45) is 10.3. The molecule has 1 aromatic carbocycles. The Labute approximate surface area is 98.8 Å². The van der Waals surface area contributed by atoms with E-state index in [4.69, 9.17) is 5.73 Å². The van der Waals surface area contributed by atoms with Crippen molar-refractivity contribution in [3.05, 3.63) is 58.6 Å². The van der Waals surface area contributed by atoms with Crippen LogP contribution < -0.4 is 16.2 Å². The minimum Gasteiger partial charge on any atom is -0.366 e.